The molecule has 0 aliphatic carbocycles. The molecule has 0 unspecified atom stereocenters. The monoisotopic (exact) mass is 409 g/mol. The summed E-state index contributed by atoms with van der Waals surface area (Å²) in [5.74, 6) is 0. The highest BCUT2D eigenvalue weighted by Crippen LogP contribution is 2.26. The van der Waals surface area contributed by atoms with E-state index in [0.717, 1.165) is 11.6 Å². The summed E-state index contributed by atoms with van der Waals surface area (Å²) in [6.45, 7) is 4.19. The fourth-order valence-corrected chi connectivity index (χ4v) is 5.02. The summed E-state index contributed by atoms with van der Waals surface area (Å²) in [5.41, 5.74) is 1.36. The Kier molecular flexibility index (Phi) is 5.81. The fourth-order valence-electron chi connectivity index (χ4n) is 3.14. The van der Waals surface area contributed by atoms with E-state index >= 15 is 0 Å². The molecule has 0 saturated carbocycles. The van der Waals surface area contributed by atoms with Gasteiger partial charge in [0.05, 0.1) is 9.82 Å². The van der Waals surface area contributed by atoms with Gasteiger partial charge >= 0.3 is 0 Å². The van der Waals surface area contributed by atoms with E-state index in [1.165, 1.54) is 16.4 Å². The fraction of sp³-hybridized carbons (Fsp3) is 0.333. The van der Waals surface area contributed by atoms with Crippen molar-refractivity contribution >= 4 is 27.3 Å². The number of piperazine rings is 1. The standard InChI is InChI=1S/C18H20ClN3O4S/c1-14-5-6-17(22(23)24)12-18(14)27(25,26)21-9-7-20(8-10-21)13-15-3-2-4-16(19)11-15/h2-6,11-12H,7-10,13H2,1H3. The van der Waals surface area contributed by atoms with E-state index in [4.69, 9.17) is 11.6 Å². The normalized spacial score (nSPS) is 16.4. The third-order valence-electron chi connectivity index (χ3n) is 4.63. The molecule has 0 atom stereocenters. The van der Waals surface area contributed by atoms with E-state index in [-0.39, 0.29) is 10.6 Å². The highest BCUT2D eigenvalue weighted by molar-refractivity contribution is 7.89. The first-order chi connectivity index (χ1) is 12.8. The zero-order valence-electron chi connectivity index (χ0n) is 14.8. The minimum atomic E-state index is -3.77. The second-order valence-corrected chi connectivity index (χ2v) is 8.86. The minimum Gasteiger partial charge on any atom is -0.296 e. The summed E-state index contributed by atoms with van der Waals surface area (Å²) >= 11 is 6.01. The largest absolute Gasteiger partial charge is 0.296 e. The summed E-state index contributed by atoms with van der Waals surface area (Å²) in [7, 11) is -3.77. The molecule has 1 aliphatic rings. The van der Waals surface area contributed by atoms with Gasteiger partial charge in [-0.2, -0.15) is 4.31 Å². The molecule has 0 aromatic heterocycles. The Morgan fingerprint density at radius 2 is 1.81 bits per heavy atom. The van der Waals surface area contributed by atoms with Gasteiger partial charge < -0.3 is 0 Å². The lowest BCUT2D eigenvalue weighted by molar-refractivity contribution is -0.385. The Morgan fingerprint density at radius 1 is 1.11 bits per heavy atom. The molecule has 2 aromatic carbocycles. The van der Waals surface area contributed by atoms with E-state index in [1.807, 2.05) is 24.3 Å². The number of rotatable bonds is 5. The van der Waals surface area contributed by atoms with Gasteiger partial charge in [-0.1, -0.05) is 29.8 Å². The van der Waals surface area contributed by atoms with Gasteiger partial charge in [0.1, 0.15) is 0 Å². The molecule has 0 N–H and O–H groups in total. The number of non-ortho nitro benzene ring substituents is 1. The molecule has 0 radical (unpaired) electrons. The van der Waals surface area contributed by atoms with Crippen LogP contribution in [0.25, 0.3) is 0 Å². The van der Waals surface area contributed by atoms with Crippen molar-refractivity contribution in [2.75, 3.05) is 26.2 Å². The number of sulfonamides is 1. The molecule has 27 heavy (non-hydrogen) atoms. The van der Waals surface area contributed by atoms with Gasteiger partial charge in [0.2, 0.25) is 10.0 Å². The number of nitro groups is 1. The lowest BCUT2D eigenvalue weighted by Crippen LogP contribution is -2.48. The molecule has 0 amide bonds. The minimum absolute atomic E-state index is 0.00000816. The van der Waals surface area contributed by atoms with Gasteiger partial charge in [-0.25, -0.2) is 8.42 Å². The number of halogens is 1. The maximum atomic E-state index is 13.0. The van der Waals surface area contributed by atoms with Crippen LogP contribution in [-0.2, 0) is 16.6 Å². The molecular weight excluding hydrogens is 390 g/mol. The van der Waals surface area contributed by atoms with Crippen molar-refractivity contribution in [3.8, 4) is 0 Å². The van der Waals surface area contributed by atoms with Crippen molar-refractivity contribution in [1.82, 2.24) is 9.21 Å². The Bertz CT molecular complexity index is 957. The quantitative estimate of drug-likeness (QED) is 0.559. The smallest absolute Gasteiger partial charge is 0.270 e. The molecule has 2 aromatic rings. The second kappa shape index (κ2) is 7.93. The SMILES string of the molecule is Cc1ccc([N+](=O)[O-])cc1S(=O)(=O)N1CCN(Cc2cccc(Cl)c2)CC1. The molecule has 3 rings (SSSR count). The van der Waals surface area contributed by atoms with Crippen LogP contribution in [-0.4, -0.2) is 48.7 Å². The molecule has 1 aliphatic heterocycles. The van der Waals surface area contributed by atoms with Gasteiger partial charge in [-0.3, -0.25) is 15.0 Å². The van der Waals surface area contributed by atoms with Crippen LogP contribution in [0.1, 0.15) is 11.1 Å². The van der Waals surface area contributed by atoms with Crippen LogP contribution in [0, 0.1) is 17.0 Å². The van der Waals surface area contributed by atoms with Crippen LogP contribution in [0.5, 0.6) is 0 Å². The highest BCUT2D eigenvalue weighted by Gasteiger charge is 2.30. The molecule has 1 fully saturated rings. The highest BCUT2D eigenvalue weighted by atomic mass is 35.5. The zero-order chi connectivity index (χ0) is 19.6. The predicted molar refractivity (Wildman–Crippen MR) is 103 cm³/mol. The summed E-state index contributed by atoms with van der Waals surface area (Å²) in [6, 6.07) is 11.5. The van der Waals surface area contributed by atoms with Gasteiger partial charge in [0.25, 0.3) is 5.69 Å². The lowest BCUT2D eigenvalue weighted by atomic mass is 10.2. The summed E-state index contributed by atoms with van der Waals surface area (Å²) < 4.78 is 27.3. The van der Waals surface area contributed by atoms with Crippen molar-refractivity contribution in [2.45, 2.75) is 18.4 Å². The lowest BCUT2D eigenvalue weighted by Gasteiger charge is -2.34. The van der Waals surface area contributed by atoms with E-state index in [1.54, 1.807) is 6.92 Å². The van der Waals surface area contributed by atoms with E-state index in [9.17, 15) is 18.5 Å². The number of hydrogen-bond acceptors (Lipinski definition) is 5. The Morgan fingerprint density at radius 3 is 2.44 bits per heavy atom. The number of nitrogens with zero attached hydrogens (tertiary/aromatic N) is 3. The number of hydrogen-bond donors (Lipinski definition) is 0. The Balaban J connectivity index is 1.71. The molecule has 0 spiro atoms. The summed E-state index contributed by atoms with van der Waals surface area (Å²) in [6.07, 6.45) is 0. The predicted octanol–water partition coefficient (Wildman–Crippen LogP) is 3.06. The van der Waals surface area contributed by atoms with Crippen molar-refractivity contribution in [2.24, 2.45) is 0 Å². The van der Waals surface area contributed by atoms with E-state index in [2.05, 4.69) is 4.90 Å². The van der Waals surface area contributed by atoms with Crippen LogP contribution >= 0.6 is 11.6 Å². The van der Waals surface area contributed by atoms with Gasteiger partial charge in [0, 0.05) is 49.9 Å². The van der Waals surface area contributed by atoms with Gasteiger partial charge in [-0.15, -0.1) is 0 Å². The molecule has 0 bridgehead atoms. The van der Waals surface area contributed by atoms with E-state index in [0.29, 0.717) is 43.3 Å². The second-order valence-electron chi connectivity index (χ2n) is 6.52. The van der Waals surface area contributed by atoms with Crippen LogP contribution in [0.3, 0.4) is 0 Å². The Labute approximate surface area is 163 Å². The maximum Gasteiger partial charge on any atom is 0.270 e. The number of aryl methyl sites for hydroxylation is 1. The first-order valence-electron chi connectivity index (χ1n) is 8.49. The van der Waals surface area contributed by atoms with Crippen LogP contribution < -0.4 is 0 Å². The van der Waals surface area contributed by atoms with Crippen LogP contribution in [0.2, 0.25) is 5.02 Å². The average molecular weight is 410 g/mol. The van der Waals surface area contributed by atoms with Crippen molar-refractivity contribution in [3.05, 3.63) is 68.7 Å². The van der Waals surface area contributed by atoms with Crippen molar-refractivity contribution < 1.29 is 13.3 Å². The van der Waals surface area contributed by atoms with Crippen molar-refractivity contribution in [3.63, 3.8) is 0 Å². The molecular formula is C18H20ClN3O4S. The molecule has 1 saturated heterocycles. The molecule has 1 heterocycles. The van der Waals surface area contributed by atoms with Gasteiger partial charge in [0.15, 0.2) is 0 Å². The van der Waals surface area contributed by atoms with Crippen LogP contribution in [0.4, 0.5) is 5.69 Å². The first-order valence-corrected chi connectivity index (χ1v) is 10.3. The number of benzene rings is 2. The summed E-state index contributed by atoms with van der Waals surface area (Å²) in [4.78, 5) is 12.6. The zero-order valence-corrected chi connectivity index (χ0v) is 16.4. The van der Waals surface area contributed by atoms with E-state index < -0.39 is 14.9 Å². The molecule has 7 nitrogen and oxygen atoms in total. The van der Waals surface area contributed by atoms with Crippen molar-refractivity contribution in [1.29, 1.82) is 0 Å². The maximum absolute atomic E-state index is 13.0. The topological polar surface area (TPSA) is 83.8 Å². The molecule has 9 heteroatoms. The summed E-state index contributed by atoms with van der Waals surface area (Å²) in [5, 5.41) is 11.7. The average Bonchev–Trinajstić information content (AvgIpc) is 2.62. The first kappa shape index (κ1) is 19.8. The Hall–Kier alpha value is -2.00. The van der Waals surface area contributed by atoms with Crippen LogP contribution in [0.15, 0.2) is 47.4 Å². The van der Waals surface area contributed by atoms with Gasteiger partial charge in [-0.05, 0) is 30.2 Å². The third kappa shape index (κ3) is 4.47. The third-order valence-corrected chi connectivity index (χ3v) is 6.90. The molecule has 144 valence electrons. The number of nitro benzene ring substituents is 1.